The van der Waals surface area contributed by atoms with Crippen molar-refractivity contribution in [2.45, 2.75) is 0 Å². The Hall–Kier alpha value is -2.29. The van der Waals surface area contributed by atoms with Gasteiger partial charge >= 0.3 is 0 Å². The Morgan fingerprint density at radius 3 is 2.52 bits per heavy atom. The molecule has 118 valence electrons. The number of benzene rings is 1. The number of hydrogen-bond acceptors (Lipinski definition) is 5. The number of rotatable bonds is 5. The number of thiophene rings is 1. The first-order valence-corrected chi connectivity index (χ1v) is 8.00. The van der Waals surface area contributed by atoms with Gasteiger partial charge in [-0.3, -0.25) is 14.8 Å². The highest BCUT2D eigenvalue weighted by Gasteiger charge is 2.03. The van der Waals surface area contributed by atoms with Crippen LogP contribution in [0.1, 0.15) is 20.8 Å². The molecule has 8 heteroatoms. The normalized spacial score (nSPS) is 11.0. The molecule has 0 unspecified atom stereocenters. The number of carbonyl (C=O) groups is 2. The first-order valence-electron chi connectivity index (χ1n) is 6.39. The van der Waals surface area contributed by atoms with E-state index in [-0.39, 0.29) is 5.91 Å². The van der Waals surface area contributed by atoms with Crippen LogP contribution in [-0.4, -0.2) is 23.2 Å². The molecule has 0 radical (unpaired) electrons. The van der Waals surface area contributed by atoms with Gasteiger partial charge in [0.1, 0.15) is 0 Å². The van der Waals surface area contributed by atoms with E-state index in [4.69, 9.17) is 5.21 Å². The number of nitrogens with zero attached hydrogens (tertiary/aromatic N) is 1. The zero-order valence-corrected chi connectivity index (χ0v) is 14.1. The molecule has 2 rings (SSSR count). The fourth-order valence-electron chi connectivity index (χ4n) is 1.57. The Morgan fingerprint density at radius 1 is 1.17 bits per heavy atom. The number of carbonyl (C=O) groups excluding carboxylic acids is 2. The van der Waals surface area contributed by atoms with Crippen LogP contribution in [0.3, 0.4) is 0 Å². The highest BCUT2D eigenvalue weighted by molar-refractivity contribution is 9.11. The summed E-state index contributed by atoms with van der Waals surface area (Å²) in [6.45, 7) is 0. The molecule has 1 aromatic heterocycles. The van der Waals surface area contributed by atoms with Crippen molar-refractivity contribution in [2.75, 3.05) is 0 Å². The van der Waals surface area contributed by atoms with Crippen molar-refractivity contribution in [3.63, 3.8) is 0 Å². The first kappa shape index (κ1) is 17.1. The molecule has 23 heavy (non-hydrogen) atoms. The maximum absolute atomic E-state index is 11.9. The highest BCUT2D eigenvalue weighted by atomic mass is 79.9. The first-order chi connectivity index (χ1) is 11.1. The van der Waals surface area contributed by atoms with Gasteiger partial charge in [-0.1, -0.05) is 12.1 Å². The standard InChI is InChI=1S/C15H12BrN3O3S/c16-13-7-6-12(23-13)9-17-18-15(21)11-4-1-10(2-5-11)3-8-14(20)19-22/h1-9,22H,(H,18,21)(H,19,20). The summed E-state index contributed by atoms with van der Waals surface area (Å²) in [6, 6.07) is 10.4. The Labute approximate surface area is 144 Å². The molecule has 0 saturated heterocycles. The molecule has 0 saturated carbocycles. The van der Waals surface area contributed by atoms with E-state index in [1.807, 2.05) is 12.1 Å². The van der Waals surface area contributed by atoms with Crippen LogP contribution in [0.4, 0.5) is 0 Å². The van der Waals surface area contributed by atoms with Gasteiger partial charge in [0.15, 0.2) is 0 Å². The lowest BCUT2D eigenvalue weighted by Gasteiger charge is -2.00. The van der Waals surface area contributed by atoms with Crippen LogP contribution < -0.4 is 10.9 Å². The van der Waals surface area contributed by atoms with Gasteiger partial charge in [-0.2, -0.15) is 5.10 Å². The minimum absolute atomic E-state index is 0.333. The van der Waals surface area contributed by atoms with E-state index in [1.165, 1.54) is 29.0 Å². The van der Waals surface area contributed by atoms with E-state index >= 15 is 0 Å². The number of hydroxylamine groups is 1. The van der Waals surface area contributed by atoms with Crippen molar-refractivity contribution in [2.24, 2.45) is 5.10 Å². The van der Waals surface area contributed by atoms with Gasteiger partial charge in [-0.05, 0) is 51.8 Å². The molecule has 0 fully saturated rings. The minimum Gasteiger partial charge on any atom is -0.288 e. The Balaban J connectivity index is 1.93. The van der Waals surface area contributed by atoms with Gasteiger partial charge in [0.2, 0.25) is 0 Å². The molecule has 0 aliphatic heterocycles. The van der Waals surface area contributed by atoms with E-state index in [9.17, 15) is 9.59 Å². The second-order valence-corrected chi connectivity index (χ2v) is 6.77. The van der Waals surface area contributed by atoms with Gasteiger partial charge in [-0.25, -0.2) is 10.9 Å². The molecular weight excluding hydrogens is 382 g/mol. The van der Waals surface area contributed by atoms with Gasteiger partial charge in [-0.15, -0.1) is 11.3 Å². The summed E-state index contributed by atoms with van der Waals surface area (Å²) in [7, 11) is 0. The van der Waals surface area contributed by atoms with Crippen LogP contribution in [0.2, 0.25) is 0 Å². The largest absolute Gasteiger partial charge is 0.288 e. The quantitative estimate of drug-likeness (QED) is 0.315. The van der Waals surface area contributed by atoms with Gasteiger partial charge < -0.3 is 0 Å². The van der Waals surface area contributed by atoms with E-state index in [2.05, 4.69) is 26.5 Å². The molecule has 3 N–H and O–H groups in total. The molecule has 2 amide bonds. The van der Waals surface area contributed by atoms with Crippen molar-refractivity contribution >= 4 is 51.4 Å². The Morgan fingerprint density at radius 2 is 1.91 bits per heavy atom. The van der Waals surface area contributed by atoms with Crippen LogP contribution in [0.15, 0.2) is 51.4 Å². The fraction of sp³-hybridized carbons (Fsp3) is 0. The number of hydrazone groups is 1. The summed E-state index contributed by atoms with van der Waals surface area (Å²) in [5.74, 6) is -0.957. The molecule has 0 aliphatic carbocycles. The Kier molecular flexibility index (Phi) is 6.21. The number of nitrogens with one attached hydrogen (secondary N) is 2. The van der Waals surface area contributed by atoms with Crippen LogP contribution in [0.25, 0.3) is 6.08 Å². The van der Waals surface area contributed by atoms with Gasteiger partial charge in [0.25, 0.3) is 11.8 Å². The SMILES string of the molecule is O=C(C=Cc1ccc(C(=O)NN=Cc2ccc(Br)s2)cc1)NO. The zero-order valence-electron chi connectivity index (χ0n) is 11.7. The predicted molar refractivity (Wildman–Crippen MR) is 92.5 cm³/mol. The lowest BCUT2D eigenvalue weighted by Crippen LogP contribution is -2.17. The van der Waals surface area contributed by atoms with E-state index in [1.54, 1.807) is 30.5 Å². The molecular formula is C15H12BrN3O3S. The highest BCUT2D eigenvalue weighted by Crippen LogP contribution is 2.20. The number of halogens is 1. The molecule has 0 atom stereocenters. The summed E-state index contributed by atoms with van der Waals surface area (Å²) in [5, 5.41) is 12.3. The predicted octanol–water partition coefficient (Wildman–Crippen LogP) is 2.79. The van der Waals surface area contributed by atoms with Crippen molar-refractivity contribution in [1.82, 2.24) is 10.9 Å². The van der Waals surface area contributed by atoms with E-state index in [0.717, 1.165) is 14.2 Å². The summed E-state index contributed by atoms with van der Waals surface area (Å²) < 4.78 is 0.990. The monoisotopic (exact) mass is 393 g/mol. The fourth-order valence-corrected chi connectivity index (χ4v) is 2.87. The molecule has 1 heterocycles. The van der Waals surface area contributed by atoms with Crippen LogP contribution in [0, 0.1) is 0 Å². The van der Waals surface area contributed by atoms with Crippen molar-refractivity contribution in [3.05, 3.63) is 62.3 Å². The van der Waals surface area contributed by atoms with Crippen LogP contribution in [-0.2, 0) is 4.79 Å². The smallest absolute Gasteiger partial charge is 0.271 e. The summed E-state index contributed by atoms with van der Waals surface area (Å²) in [6.07, 6.45) is 4.26. The topological polar surface area (TPSA) is 90.8 Å². The maximum atomic E-state index is 11.9. The zero-order chi connectivity index (χ0) is 16.7. The average Bonchev–Trinajstić information content (AvgIpc) is 2.98. The third kappa shape index (κ3) is 5.44. The second kappa shape index (κ2) is 8.37. The minimum atomic E-state index is -0.624. The van der Waals surface area contributed by atoms with Crippen LogP contribution >= 0.6 is 27.3 Å². The van der Waals surface area contributed by atoms with Crippen LogP contribution in [0.5, 0.6) is 0 Å². The second-order valence-electron chi connectivity index (χ2n) is 4.27. The molecule has 0 aliphatic rings. The average molecular weight is 394 g/mol. The van der Waals surface area contributed by atoms with Crippen molar-refractivity contribution in [3.8, 4) is 0 Å². The lowest BCUT2D eigenvalue weighted by atomic mass is 10.1. The van der Waals surface area contributed by atoms with Gasteiger partial charge in [0.05, 0.1) is 10.0 Å². The summed E-state index contributed by atoms with van der Waals surface area (Å²) >= 11 is 4.85. The molecule has 0 spiro atoms. The lowest BCUT2D eigenvalue weighted by molar-refractivity contribution is -0.124. The van der Waals surface area contributed by atoms with Gasteiger partial charge in [0, 0.05) is 16.5 Å². The molecule has 1 aromatic carbocycles. The summed E-state index contributed by atoms with van der Waals surface area (Å²) in [5.41, 5.74) is 5.10. The molecule has 2 aromatic rings. The maximum Gasteiger partial charge on any atom is 0.271 e. The van der Waals surface area contributed by atoms with E-state index < -0.39 is 5.91 Å². The molecule has 0 bridgehead atoms. The van der Waals surface area contributed by atoms with Crippen molar-refractivity contribution in [1.29, 1.82) is 0 Å². The third-order valence-electron chi connectivity index (χ3n) is 2.66. The Bertz CT molecular complexity index is 754. The third-order valence-corrected chi connectivity index (χ3v) is 4.22. The summed E-state index contributed by atoms with van der Waals surface area (Å²) in [4.78, 5) is 23.7. The number of amides is 2. The van der Waals surface area contributed by atoms with E-state index in [0.29, 0.717) is 5.56 Å². The number of hydrogen-bond donors (Lipinski definition) is 3. The molecule has 6 nitrogen and oxygen atoms in total. The van der Waals surface area contributed by atoms with Crippen molar-refractivity contribution < 1.29 is 14.8 Å².